The van der Waals surface area contributed by atoms with Gasteiger partial charge in [0.15, 0.2) is 5.82 Å². The molecule has 0 radical (unpaired) electrons. The van der Waals surface area contributed by atoms with E-state index in [1.54, 1.807) is 23.4 Å². The summed E-state index contributed by atoms with van der Waals surface area (Å²) in [5, 5.41) is 6.90. The van der Waals surface area contributed by atoms with Gasteiger partial charge in [0.1, 0.15) is 6.04 Å². The van der Waals surface area contributed by atoms with Crippen LogP contribution in [0.5, 0.6) is 0 Å². The molecule has 1 aliphatic rings. The van der Waals surface area contributed by atoms with Crippen LogP contribution < -0.4 is 10.2 Å². The molecule has 2 aromatic rings. The highest BCUT2D eigenvalue weighted by atomic mass is 16.5. The normalized spacial score (nSPS) is 16.0. The summed E-state index contributed by atoms with van der Waals surface area (Å²) >= 11 is 0. The number of hydrogen-bond donors (Lipinski definition) is 1. The van der Waals surface area contributed by atoms with Gasteiger partial charge in [-0.3, -0.25) is 0 Å². The van der Waals surface area contributed by atoms with E-state index in [0.29, 0.717) is 49.8 Å². The molecule has 140 valence electrons. The summed E-state index contributed by atoms with van der Waals surface area (Å²) in [7, 11) is 0. The molecule has 0 unspecified atom stereocenters. The van der Waals surface area contributed by atoms with Crippen molar-refractivity contribution < 1.29 is 9.32 Å². The van der Waals surface area contributed by atoms with E-state index in [9.17, 15) is 4.79 Å². The molecule has 3 rings (SSSR count). The Morgan fingerprint density at radius 2 is 1.88 bits per heavy atom. The smallest absolute Gasteiger partial charge is 0.318 e. The molecule has 2 aromatic heterocycles. The molecule has 1 N–H and O–H groups in total. The molecule has 1 aliphatic heterocycles. The molecule has 9 heteroatoms. The third-order valence-electron chi connectivity index (χ3n) is 4.19. The van der Waals surface area contributed by atoms with Crippen LogP contribution in [0.3, 0.4) is 0 Å². The van der Waals surface area contributed by atoms with Crippen LogP contribution in [-0.2, 0) is 6.42 Å². The lowest BCUT2D eigenvalue weighted by atomic mass is 10.1. The fourth-order valence-corrected chi connectivity index (χ4v) is 2.79. The molecule has 0 aliphatic carbocycles. The number of nitrogens with one attached hydrogen (secondary N) is 1. The number of carbonyl (C=O) groups excluding carboxylic acids is 1. The maximum Gasteiger partial charge on any atom is 0.318 e. The van der Waals surface area contributed by atoms with Gasteiger partial charge in [0, 0.05) is 45.0 Å². The number of amides is 2. The minimum Gasteiger partial charge on any atom is -0.337 e. The van der Waals surface area contributed by atoms with Gasteiger partial charge in [-0.15, -0.1) is 0 Å². The van der Waals surface area contributed by atoms with Crippen molar-refractivity contribution >= 4 is 12.0 Å². The molecule has 1 fully saturated rings. The van der Waals surface area contributed by atoms with Crippen molar-refractivity contribution in [1.29, 1.82) is 0 Å². The van der Waals surface area contributed by atoms with Crippen LogP contribution in [0.4, 0.5) is 10.7 Å². The molecule has 0 spiro atoms. The summed E-state index contributed by atoms with van der Waals surface area (Å²) in [6.07, 6.45) is 4.20. The summed E-state index contributed by atoms with van der Waals surface area (Å²) in [6.45, 7) is 8.66. The lowest BCUT2D eigenvalue weighted by Crippen LogP contribution is -2.52. The van der Waals surface area contributed by atoms with Gasteiger partial charge in [-0.1, -0.05) is 19.0 Å². The molecule has 2 amide bonds. The third-order valence-corrected chi connectivity index (χ3v) is 4.19. The Morgan fingerprint density at radius 1 is 1.19 bits per heavy atom. The maximum absolute atomic E-state index is 12.5. The second-order valence-corrected chi connectivity index (χ2v) is 6.84. The Bertz CT molecular complexity index is 711. The van der Waals surface area contributed by atoms with E-state index in [2.05, 4.69) is 44.2 Å². The number of hydrogen-bond acceptors (Lipinski definition) is 7. The Kier molecular flexibility index (Phi) is 5.65. The van der Waals surface area contributed by atoms with E-state index >= 15 is 0 Å². The lowest BCUT2D eigenvalue weighted by molar-refractivity contribution is 0.188. The highest BCUT2D eigenvalue weighted by Gasteiger charge is 2.25. The van der Waals surface area contributed by atoms with Crippen molar-refractivity contribution in [3.05, 3.63) is 30.2 Å². The van der Waals surface area contributed by atoms with Gasteiger partial charge in [0.2, 0.25) is 11.8 Å². The van der Waals surface area contributed by atoms with Crippen LogP contribution >= 0.6 is 0 Å². The second kappa shape index (κ2) is 8.11. The van der Waals surface area contributed by atoms with E-state index in [0.717, 1.165) is 6.42 Å². The van der Waals surface area contributed by atoms with Crippen LogP contribution in [0.25, 0.3) is 0 Å². The van der Waals surface area contributed by atoms with Gasteiger partial charge in [-0.05, 0) is 18.9 Å². The number of carbonyl (C=O) groups is 1. The Labute approximate surface area is 152 Å². The molecule has 0 saturated carbocycles. The van der Waals surface area contributed by atoms with Crippen molar-refractivity contribution in [3.8, 4) is 0 Å². The predicted molar refractivity (Wildman–Crippen MR) is 95.6 cm³/mol. The molecular formula is C17H25N7O2. The Hall–Kier alpha value is -2.71. The average molecular weight is 359 g/mol. The van der Waals surface area contributed by atoms with E-state index in [-0.39, 0.29) is 12.1 Å². The van der Waals surface area contributed by atoms with E-state index in [4.69, 9.17) is 4.52 Å². The van der Waals surface area contributed by atoms with Crippen molar-refractivity contribution in [3.63, 3.8) is 0 Å². The number of piperazine rings is 1. The number of aromatic nitrogens is 4. The van der Waals surface area contributed by atoms with E-state index < -0.39 is 0 Å². The molecule has 0 aromatic carbocycles. The monoisotopic (exact) mass is 359 g/mol. The highest BCUT2D eigenvalue weighted by Crippen LogP contribution is 2.14. The van der Waals surface area contributed by atoms with Gasteiger partial charge in [-0.25, -0.2) is 14.8 Å². The maximum atomic E-state index is 12.5. The molecule has 1 atom stereocenters. The van der Waals surface area contributed by atoms with E-state index in [1.165, 1.54) is 0 Å². The standard InChI is InChI=1S/C17H25N7O2/c1-12(2)11-14-21-15(26-22-14)13(3)20-17(25)24-9-7-23(8-10-24)16-18-5-4-6-19-16/h4-6,12-13H,7-11H2,1-3H3,(H,20,25)/t13-/m1/s1. The van der Waals surface area contributed by atoms with Crippen LogP contribution in [0, 0.1) is 5.92 Å². The van der Waals surface area contributed by atoms with Crippen LogP contribution in [0.1, 0.15) is 38.5 Å². The van der Waals surface area contributed by atoms with Gasteiger partial charge >= 0.3 is 6.03 Å². The van der Waals surface area contributed by atoms with Gasteiger partial charge in [-0.2, -0.15) is 4.98 Å². The predicted octanol–water partition coefficient (Wildman–Crippen LogP) is 1.65. The Balaban J connectivity index is 1.50. The summed E-state index contributed by atoms with van der Waals surface area (Å²) in [4.78, 5) is 29.2. The first-order valence-electron chi connectivity index (χ1n) is 8.93. The van der Waals surface area contributed by atoms with Gasteiger partial charge in [0.05, 0.1) is 0 Å². The van der Waals surface area contributed by atoms with E-state index in [1.807, 2.05) is 6.92 Å². The zero-order chi connectivity index (χ0) is 18.5. The minimum absolute atomic E-state index is 0.130. The number of urea groups is 1. The highest BCUT2D eigenvalue weighted by molar-refractivity contribution is 5.74. The molecule has 3 heterocycles. The van der Waals surface area contributed by atoms with Crippen molar-refractivity contribution in [1.82, 2.24) is 30.3 Å². The van der Waals surface area contributed by atoms with Gasteiger partial charge < -0.3 is 19.6 Å². The SMILES string of the molecule is CC(C)Cc1noc([C@@H](C)NC(=O)N2CCN(c3ncccn3)CC2)n1. The minimum atomic E-state index is -0.327. The topological polar surface area (TPSA) is 100 Å². The van der Waals surface area contributed by atoms with Gasteiger partial charge in [0.25, 0.3) is 0 Å². The average Bonchev–Trinajstić information content (AvgIpc) is 3.10. The van der Waals surface area contributed by atoms with Crippen molar-refractivity contribution in [2.75, 3.05) is 31.1 Å². The number of nitrogens with zero attached hydrogens (tertiary/aromatic N) is 6. The quantitative estimate of drug-likeness (QED) is 0.866. The first kappa shape index (κ1) is 18.1. The largest absolute Gasteiger partial charge is 0.337 e. The Morgan fingerprint density at radius 3 is 2.54 bits per heavy atom. The zero-order valence-corrected chi connectivity index (χ0v) is 15.4. The van der Waals surface area contributed by atoms with Crippen molar-refractivity contribution in [2.45, 2.75) is 33.2 Å². The fraction of sp³-hybridized carbons (Fsp3) is 0.588. The second-order valence-electron chi connectivity index (χ2n) is 6.84. The fourth-order valence-electron chi connectivity index (χ4n) is 2.79. The zero-order valence-electron chi connectivity index (χ0n) is 15.4. The molecule has 1 saturated heterocycles. The summed E-state index contributed by atoms with van der Waals surface area (Å²) in [6, 6.07) is 1.33. The first-order chi connectivity index (χ1) is 12.5. The molecule has 26 heavy (non-hydrogen) atoms. The third kappa shape index (κ3) is 4.47. The lowest BCUT2D eigenvalue weighted by Gasteiger charge is -2.34. The summed E-state index contributed by atoms with van der Waals surface area (Å²) in [5.74, 6) is 2.26. The van der Waals surface area contributed by atoms with Crippen LogP contribution in [0.15, 0.2) is 23.0 Å². The molecular weight excluding hydrogens is 334 g/mol. The summed E-state index contributed by atoms with van der Waals surface area (Å²) < 4.78 is 5.27. The molecule has 9 nitrogen and oxygen atoms in total. The van der Waals surface area contributed by atoms with Crippen molar-refractivity contribution in [2.24, 2.45) is 5.92 Å². The van der Waals surface area contributed by atoms with Crippen LogP contribution in [-0.4, -0.2) is 57.2 Å². The molecule has 0 bridgehead atoms. The number of anilines is 1. The first-order valence-corrected chi connectivity index (χ1v) is 8.93. The summed E-state index contributed by atoms with van der Waals surface area (Å²) in [5.41, 5.74) is 0. The number of rotatable bonds is 5. The van der Waals surface area contributed by atoms with Crippen LogP contribution in [0.2, 0.25) is 0 Å².